The van der Waals surface area contributed by atoms with Crippen molar-refractivity contribution in [1.82, 2.24) is 14.8 Å². The molecule has 4 aromatic rings. The minimum Gasteiger partial charge on any atom is -0.454 e. The third-order valence-electron chi connectivity index (χ3n) is 4.35. The van der Waals surface area contributed by atoms with Gasteiger partial charge in [-0.2, -0.15) is 5.10 Å². The first-order valence-corrected chi connectivity index (χ1v) is 8.67. The van der Waals surface area contributed by atoms with E-state index in [0.29, 0.717) is 22.4 Å². The lowest BCUT2D eigenvalue weighted by Gasteiger charge is -2.07. The lowest BCUT2D eigenvalue weighted by atomic mass is 10.1. The van der Waals surface area contributed by atoms with E-state index in [9.17, 15) is 9.59 Å². The number of benzene rings is 2. The highest BCUT2D eigenvalue weighted by Gasteiger charge is 2.18. The van der Waals surface area contributed by atoms with Gasteiger partial charge in [0.1, 0.15) is 18.6 Å². The first kappa shape index (κ1) is 17.7. The Hall–Kier alpha value is -3.74. The monoisotopic (exact) mass is 375 g/mol. The van der Waals surface area contributed by atoms with Crippen LogP contribution < -0.4 is 5.56 Å². The molecule has 0 aliphatic rings. The number of carbonyl (C=O) groups excluding carboxylic acids is 1. The molecule has 0 aliphatic heterocycles. The Labute approximate surface area is 160 Å². The summed E-state index contributed by atoms with van der Waals surface area (Å²) >= 11 is 0. The van der Waals surface area contributed by atoms with E-state index in [1.54, 1.807) is 24.3 Å². The van der Waals surface area contributed by atoms with Crippen LogP contribution in [0.3, 0.4) is 0 Å². The van der Waals surface area contributed by atoms with Gasteiger partial charge < -0.3 is 9.15 Å². The van der Waals surface area contributed by atoms with Crippen LogP contribution in [0.1, 0.15) is 21.7 Å². The van der Waals surface area contributed by atoms with Crippen LogP contribution in [0.5, 0.6) is 0 Å². The molecule has 0 saturated carbocycles. The maximum atomic E-state index is 12.6. The molecule has 0 spiro atoms. The summed E-state index contributed by atoms with van der Waals surface area (Å²) in [5.41, 5.74) is 2.28. The first-order valence-electron chi connectivity index (χ1n) is 8.67. The maximum Gasteiger partial charge on any atom is 0.359 e. The molecule has 0 saturated heterocycles. The Kier molecular flexibility index (Phi) is 4.49. The van der Waals surface area contributed by atoms with Crippen LogP contribution in [0.15, 0.2) is 64.0 Å². The van der Waals surface area contributed by atoms with Crippen LogP contribution in [-0.4, -0.2) is 20.7 Å². The van der Waals surface area contributed by atoms with E-state index in [-0.39, 0.29) is 17.9 Å². The van der Waals surface area contributed by atoms with Crippen LogP contribution in [0, 0.1) is 6.92 Å². The standard InChI is InChI=1S/C21H17N3O4/c1-13-7-9-14(10-8-13)19-22-15(11-27-19)12-28-21(26)18-16-5-3-4-6-17(16)20(25)24(2)23-18/h3-11H,12H2,1-2H3. The Bertz CT molecular complexity index is 1220. The summed E-state index contributed by atoms with van der Waals surface area (Å²) in [6, 6.07) is 14.6. The number of fused-ring (bicyclic) bond motifs is 1. The highest BCUT2D eigenvalue weighted by Crippen LogP contribution is 2.20. The molecule has 0 unspecified atom stereocenters. The Balaban J connectivity index is 1.54. The van der Waals surface area contributed by atoms with Gasteiger partial charge in [-0.15, -0.1) is 0 Å². The van der Waals surface area contributed by atoms with E-state index < -0.39 is 5.97 Å². The van der Waals surface area contributed by atoms with Crippen molar-refractivity contribution in [3.05, 3.63) is 82.1 Å². The molecule has 140 valence electrons. The molecule has 0 radical (unpaired) electrons. The van der Waals surface area contributed by atoms with Crippen LogP contribution >= 0.6 is 0 Å². The van der Waals surface area contributed by atoms with Crippen LogP contribution in [0.25, 0.3) is 22.2 Å². The van der Waals surface area contributed by atoms with Gasteiger partial charge in [-0.25, -0.2) is 14.5 Å². The van der Waals surface area contributed by atoms with Crippen molar-refractivity contribution in [2.45, 2.75) is 13.5 Å². The molecule has 0 aliphatic carbocycles. The van der Waals surface area contributed by atoms with Crippen molar-refractivity contribution >= 4 is 16.7 Å². The number of esters is 1. The first-order chi connectivity index (χ1) is 13.5. The van der Waals surface area contributed by atoms with Gasteiger partial charge in [0.25, 0.3) is 5.56 Å². The highest BCUT2D eigenvalue weighted by atomic mass is 16.5. The number of ether oxygens (including phenoxy) is 1. The molecule has 2 aromatic heterocycles. The quantitative estimate of drug-likeness (QED) is 0.509. The smallest absolute Gasteiger partial charge is 0.359 e. The van der Waals surface area contributed by atoms with Gasteiger partial charge in [-0.3, -0.25) is 4.79 Å². The molecule has 2 heterocycles. The summed E-state index contributed by atoms with van der Waals surface area (Å²) in [6.07, 6.45) is 1.45. The Morgan fingerprint density at radius 2 is 1.82 bits per heavy atom. The number of hydrogen-bond acceptors (Lipinski definition) is 6. The summed E-state index contributed by atoms with van der Waals surface area (Å²) in [5, 5.41) is 4.93. The number of oxazole rings is 1. The summed E-state index contributed by atoms with van der Waals surface area (Å²) in [4.78, 5) is 29.1. The molecular weight excluding hydrogens is 358 g/mol. The average molecular weight is 375 g/mol. The molecule has 7 heteroatoms. The molecule has 2 aromatic carbocycles. The second kappa shape index (κ2) is 7.11. The molecule has 28 heavy (non-hydrogen) atoms. The minimum absolute atomic E-state index is 0.0625. The molecule has 0 atom stereocenters. The minimum atomic E-state index is -0.633. The third kappa shape index (κ3) is 3.29. The van der Waals surface area contributed by atoms with Gasteiger partial charge in [0, 0.05) is 18.0 Å². The summed E-state index contributed by atoms with van der Waals surface area (Å²) in [5.74, 6) is -0.177. The largest absolute Gasteiger partial charge is 0.454 e. The predicted molar refractivity (Wildman–Crippen MR) is 103 cm³/mol. The highest BCUT2D eigenvalue weighted by molar-refractivity contribution is 6.02. The fourth-order valence-corrected chi connectivity index (χ4v) is 2.86. The van der Waals surface area contributed by atoms with Crippen molar-refractivity contribution in [2.24, 2.45) is 7.05 Å². The van der Waals surface area contributed by atoms with Crippen molar-refractivity contribution in [3.8, 4) is 11.5 Å². The number of nitrogens with zero attached hydrogens (tertiary/aromatic N) is 3. The lowest BCUT2D eigenvalue weighted by molar-refractivity contribution is 0.0460. The molecule has 0 fully saturated rings. The summed E-state index contributed by atoms with van der Waals surface area (Å²) in [6.45, 7) is 1.94. The zero-order chi connectivity index (χ0) is 19.7. The zero-order valence-corrected chi connectivity index (χ0v) is 15.4. The van der Waals surface area contributed by atoms with Crippen molar-refractivity contribution in [1.29, 1.82) is 0 Å². The number of hydrogen-bond donors (Lipinski definition) is 0. The number of aryl methyl sites for hydroxylation is 2. The number of carbonyl (C=O) groups is 1. The van der Waals surface area contributed by atoms with Gasteiger partial charge in [-0.05, 0) is 25.1 Å². The second-order valence-corrected chi connectivity index (χ2v) is 6.41. The molecule has 7 nitrogen and oxygen atoms in total. The van der Waals surface area contributed by atoms with E-state index >= 15 is 0 Å². The van der Waals surface area contributed by atoms with E-state index in [1.165, 1.54) is 13.3 Å². The van der Waals surface area contributed by atoms with Crippen LogP contribution in [-0.2, 0) is 18.4 Å². The maximum absolute atomic E-state index is 12.6. The van der Waals surface area contributed by atoms with E-state index in [0.717, 1.165) is 15.8 Å². The number of aromatic nitrogens is 3. The van der Waals surface area contributed by atoms with E-state index in [1.807, 2.05) is 31.2 Å². The Morgan fingerprint density at radius 3 is 2.57 bits per heavy atom. The fourth-order valence-electron chi connectivity index (χ4n) is 2.86. The second-order valence-electron chi connectivity index (χ2n) is 6.41. The zero-order valence-electron chi connectivity index (χ0n) is 15.4. The predicted octanol–water partition coefficient (Wildman–Crippen LogP) is 3.25. The van der Waals surface area contributed by atoms with Crippen molar-refractivity contribution in [2.75, 3.05) is 0 Å². The topological polar surface area (TPSA) is 87.2 Å². The fraction of sp³-hybridized carbons (Fsp3) is 0.143. The van der Waals surface area contributed by atoms with Crippen molar-refractivity contribution in [3.63, 3.8) is 0 Å². The van der Waals surface area contributed by atoms with Gasteiger partial charge in [0.05, 0.1) is 5.39 Å². The van der Waals surface area contributed by atoms with Gasteiger partial charge in [-0.1, -0.05) is 35.9 Å². The SMILES string of the molecule is Cc1ccc(-c2nc(COC(=O)c3nn(C)c(=O)c4ccccc34)co2)cc1. The van der Waals surface area contributed by atoms with E-state index in [4.69, 9.17) is 9.15 Å². The summed E-state index contributed by atoms with van der Waals surface area (Å²) in [7, 11) is 1.50. The average Bonchev–Trinajstić information content (AvgIpc) is 3.18. The van der Waals surface area contributed by atoms with Gasteiger partial charge in [0.2, 0.25) is 5.89 Å². The Morgan fingerprint density at radius 1 is 1.11 bits per heavy atom. The summed E-state index contributed by atoms with van der Waals surface area (Å²) < 4.78 is 11.9. The van der Waals surface area contributed by atoms with Crippen molar-refractivity contribution < 1.29 is 13.9 Å². The molecular formula is C21H17N3O4. The van der Waals surface area contributed by atoms with Gasteiger partial charge >= 0.3 is 5.97 Å². The normalized spacial score (nSPS) is 10.9. The lowest BCUT2D eigenvalue weighted by Crippen LogP contribution is -2.23. The molecule has 0 amide bonds. The molecule has 0 bridgehead atoms. The number of rotatable bonds is 4. The van der Waals surface area contributed by atoms with E-state index in [2.05, 4.69) is 10.1 Å². The third-order valence-corrected chi connectivity index (χ3v) is 4.35. The van der Waals surface area contributed by atoms with Crippen LogP contribution in [0.2, 0.25) is 0 Å². The molecule has 4 rings (SSSR count). The van der Waals surface area contributed by atoms with Gasteiger partial charge in [0.15, 0.2) is 5.69 Å². The van der Waals surface area contributed by atoms with Crippen LogP contribution in [0.4, 0.5) is 0 Å². The molecule has 0 N–H and O–H groups in total.